The van der Waals surface area contributed by atoms with Crippen LogP contribution in [-0.4, -0.2) is 17.2 Å². The molecule has 2 aromatic rings. The van der Waals surface area contributed by atoms with Crippen molar-refractivity contribution in [2.45, 2.75) is 13.3 Å². The molecule has 0 bridgehead atoms. The number of phenols is 1. The number of rotatable bonds is 4. The topological polar surface area (TPSA) is 61.7 Å². The fraction of sp³-hybridized carbons (Fsp3) is 0.125. The van der Waals surface area contributed by atoms with Gasteiger partial charge in [-0.25, -0.2) is 5.43 Å². The molecule has 0 heterocycles. The van der Waals surface area contributed by atoms with E-state index in [-0.39, 0.29) is 18.1 Å². The molecule has 4 heteroatoms. The van der Waals surface area contributed by atoms with Crippen molar-refractivity contribution in [3.05, 3.63) is 65.2 Å². The minimum absolute atomic E-state index is 0.144. The molecule has 0 aliphatic rings. The molecule has 0 saturated heterocycles. The first-order valence-electron chi connectivity index (χ1n) is 6.30. The highest BCUT2D eigenvalue weighted by molar-refractivity contribution is 5.85. The second-order valence-corrected chi connectivity index (χ2v) is 4.52. The highest BCUT2D eigenvalue weighted by Gasteiger charge is 2.01. The molecular formula is C16H16N2O2. The van der Waals surface area contributed by atoms with Crippen LogP contribution >= 0.6 is 0 Å². The molecule has 0 saturated carbocycles. The van der Waals surface area contributed by atoms with Crippen molar-refractivity contribution >= 4 is 12.1 Å². The zero-order chi connectivity index (χ0) is 14.4. The highest BCUT2D eigenvalue weighted by atomic mass is 16.3. The number of nitrogens with one attached hydrogen (secondary N) is 1. The molecular weight excluding hydrogens is 252 g/mol. The Morgan fingerprint density at radius 3 is 2.70 bits per heavy atom. The lowest BCUT2D eigenvalue weighted by atomic mass is 10.1. The second-order valence-electron chi connectivity index (χ2n) is 4.52. The molecule has 1 amide bonds. The Kier molecular flexibility index (Phi) is 4.50. The van der Waals surface area contributed by atoms with Gasteiger partial charge in [-0.05, 0) is 30.2 Å². The first-order valence-corrected chi connectivity index (χ1v) is 6.30. The number of benzene rings is 2. The van der Waals surface area contributed by atoms with Gasteiger partial charge in [0, 0.05) is 5.56 Å². The van der Waals surface area contributed by atoms with Crippen molar-refractivity contribution in [2.24, 2.45) is 5.10 Å². The Morgan fingerprint density at radius 2 is 2.00 bits per heavy atom. The Bertz CT molecular complexity index is 622. The van der Waals surface area contributed by atoms with Gasteiger partial charge in [0.25, 0.3) is 0 Å². The van der Waals surface area contributed by atoms with Gasteiger partial charge in [-0.1, -0.05) is 36.4 Å². The third-order valence-corrected chi connectivity index (χ3v) is 2.79. The average Bonchev–Trinajstić information content (AvgIpc) is 2.42. The van der Waals surface area contributed by atoms with Crippen LogP contribution in [0.2, 0.25) is 0 Å². The number of aromatic hydroxyl groups is 1. The average molecular weight is 268 g/mol. The van der Waals surface area contributed by atoms with E-state index in [4.69, 9.17) is 0 Å². The van der Waals surface area contributed by atoms with Gasteiger partial charge in [0.05, 0.1) is 12.6 Å². The quantitative estimate of drug-likeness (QED) is 0.660. The smallest absolute Gasteiger partial charge is 0.244 e. The molecule has 0 aromatic heterocycles. The number of phenolic OH excluding ortho intramolecular Hbond substituents is 1. The predicted octanol–water partition coefficient (Wildman–Crippen LogP) is 2.39. The lowest BCUT2D eigenvalue weighted by Crippen LogP contribution is -2.19. The number of hydrogen-bond acceptors (Lipinski definition) is 3. The molecule has 2 N–H and O–H groups in total. The molecule has 2 aromatic carbocycles. The molecule has 0 aliphatic heterocycles. The molecule has 0 spiro atoms. The number of hydrazone groups is 1. The molecule has 2 rings (SSSR count). The Hall–Kier alpha value is -2.62. The normalized spacial score (nSPS) is 10.7. The zero-order valence-corrected chi connectivity index (χ0v) is 11.2. The van der Waals surface area contributed by atoms with Crippen LogP contribution in [0.5, 0.6) is 5.75 Å². The summed E-state index contributed by atoms with van der Waals surface area (Å²) in [6, 6.07) is 14.7. The Balaban J connectivity index is 1.91. The summed E-state index contributed by atoms with van der Waals surface area (Å²) in [5.74, 6) is -0.0508. The van der Waals surface area contributed by atoms with Crippen LogP contribution in [0.25, 0.3) is 0 Å². The van der Waals surface area contributed by atoms with E-state index in [9.17, 15) is 9.90 Å². The number of amides is 1. The standard InChI is InChI=1S/C16H16N2O2/c1-12-7-8-14(15(19)9-12)11-17-18-16(20)10-13-5-3-2-4-6-13/h2-9,11,19H,10H2,1H3,(H,18,20)/b17-11-. The molecule has 0 aliphatic carbocycles. The van der Waals surface area contributed by atoms with Gasteiger partial charge in [0.2, 0.25) is 5.91 Å². The van der Waals surface area contributed by atoms with Crippen LogP contribution in [-0.2, 0) is 11.2 Å². The van der Waals surface area contributed by atoms with E-state index in [0.29, 0.717) is 5.56 Å². The van der Waals surface area contributed by atoms with Crippen LogP contribution in [0.4, 0.5) is 0 Å². The van der Waals surface area contributed by atoms with E-state index >= 15 is 0 Å². The van der Waals surface area contributed by atoms with Crippen LogP contribution in [0.1, 0.15) is 16.7 Å². The highest BCUT2D eigenvalue weighted by Crippen LogP contribution is 2.15. The summed E-state index contributed by atoms with van der Waals surface area (Å²) in [6.07, 6.45) is 1.70. The molecule has 0 fully saturated rings. The number of aryl methyl sites for hydroxylation is 1. The van der Waals surface area contributed by atoms with Gasteiger partial charge in [-0.2, -0.15) is 5.10 Å². The maximum atomic E-state index is 11.7. The molecule has 20 heavy (non-hydrogen) atoms. The summed E-state index contributed by atoms with van der Waals surface area (Å²) in [5, 5.41) is 13.5. The first kappa shape index (κ1) is 13.8. The number of carbonyl (C=O) groups excluding carboxylic acids is 1. The Labute approximate surface area is 117 Å². The largest absolute Gasteiger partial charge is 0.507 e. The fourth-order valence-corrected chi connectivity index (χ4v) is 1.76. The monoisotopic (exact) mass is 268 g/mol. The van der Waals surface area contributed by atoms with E-state index in [1.54, 1.807) is 12.1 Å². The van der Waals surface area contributed by atoms with Crippen LogP contribution in [0, 0.1) is 6.92 Å². The molecule has 0 unspecified atom stereocenters. The predicted molar refractivity (Wildman–Crippen MR) is 78.7 cm³/mol. The van der Waals surface area contributed by atoms with Crippen LogP contribution < -0.4 is 5.43 Å². The van der Waals surface area contributed by atoms with E-state index in [0.717, 1.165) is 11.1 Å². The van der Waals surface area contributed by atoms with Gasteiger partial charge in [-0.15, -0.1) is 0 Å². The van der Waals surface area contributed by atoms with Gasteiger partial charge in [-0.3, -0.25) is 4.79 Å². The number of nitrogens with zero attached hydrogens (tertiary/aromatic N) is 1. The molecule has 102 valence electrons. The summed E-state index contributed by atoms with van der Waals surface area (Å²) in [5.41, 5.74) is 4.90. The third-order valence-electron chi connectivity index (χ3n) is 2.79. The lowest BCUT2D eigenvalue weighted by molar-refractivity contribution is -0.120. The van der Waals surface area contributed by atoms with E-state index in [2.05, 4.69) is 10.5 Å². The second kappa shape index (κ2) is 6.52. The maximum Gasteiger partial charge on any atom is 0.244 e. The SMILES string of the molecule is Cc1ccc(/C=N\NC(=O)Cc2ccccc2)c(O)c1. The first-order chi connectivity index (χ1) is 9.65. The summed E-state index contributed by atoms with van der Waals surface area (Å²) >= 11 is 0. The van der Waals surface area contributed by atoms with E-state index < -0.39 is 0 Å². The van der Waals surface area contributed by atoms with Crippen molar-refractivity contribution < 1.29 is 9.90 Å². The van der Waals surface area contributed by atoms with Gasteiger partial charge < -0.3 is 5.11 Å². The van der Waals surface area contributed by atoms with E-state index in [1.165, 1.54) is 6.21 Å². The van der Waals surface area contributed by atoms with Crippen molar-refractivity contribution in [1.29, 1.82) is 0 Å². The number of hydrogen-bond donors (Lipinski definition) is 2. The van der Waals surface area contributed by atoms with Gasteiger partial charge in [0.1, 0.15) is 5.75 Å². The van der Waals surface area contributed by atoms with Crippen molar-refractivity contribution in [3.63, 3.8) is 0 Å². The maximum absolute atomic E-state index is 11.7. The van der Waals surface area contributed by atoms with E-state index in [1.807, 2.05) is 43.3 Å². The lowest BCUT2D eigenvalue weighted by Gasteiger charge is -2.01. The fourth-order valence-electron chi connectivity index (χ4n) is 1.76. The molecule has 0 radical (unpaired) electrons. The summed E-state index contributed by atoms with van der Waals surface area (Å²) in [6.45, 7) is 1.89. The van der Waals surface area contributed by atoms with Gasteiger partial charge >= 0.3 is 0 Å². The minimum Gasteiger partial charge on any atom is -0.507 e. The Morgan fingerprint density at radius 1 is 1.25 bits per heavy atom. The van der Waals surface area contributed by atoms with Crippen molar-refractivity contribution in [2.75, 3.05) is 0 Å². The minimum atomic E-state index is -0.195. The van der Waals surface area contributed by atoms with Crippen molar-refractivity contribution in [3.8, 4) is 5.75 Å². The third kappa shape index (κ3) is 3.95. The summed E-state index contributed by atoms with van der Waals surface area (Å²) in [7, 11) is 0. The van der Waals surface area contributed by atoms with Crippen LogP contribution in [0.3, 0.4) is 0 Å². The van der Waals surface area contributed by atoms with Crippen LogP contribution in [0.15, 0.2) is 53.6 Å². The van der Waals surface area contributed by atoms with Gasteiger partial charge in [0.15, 0.2) is 0 Å². The molecule has 0 atom stereocenters. The zero-order valence-electron chi connectivity index (χ0n) is 11.2. The molecule has 4 nitrogen and oxygen atoms in total. The number of carbonyl (C=O) groups is 1. The summed E-state index contributed by atoms with van der Waals surface area (Å²) < 4.78 is 0. The summed E-state index contributed by atoms with van der Waals surface area (Å²) in [4.78, 5) is 11.7. The van der Waals surface area contributed by atoms with Crippen molar-refractivity contribution in [1.82, 2.24) is 5.43 Å².